The molecule has 1 aliphatic carbocycles. The van der Waals surface area contributed by atoms with Gasteiger partial charge in [0.25, 0.3) is 0 Å². The molecular weight excluding hydrogens is 200 g/mol. The predicted octanol–water partition coefficient (Wildman–Crippen LogP) is 2.14. The first kappa shape index (κ1) is 11.2. The second-order valence-electron chi connectivity index (χ2n) is 4.42. The third-order valence-corrected chi connectivity index (χ3v) is 3.24. The van der Waals surface area contributed by atoms with E-state index in [0.29, 0.717) is 11.9 Å². The molecule has 1 aromatic rings. The van der Waals surface area contributed by atoms with Gasteiger partial charge in [-0.2, -0.15) is 0 Å². The van der Waals surface area contributed by atoms with Gasteiger partial charge in [-0.25, -0.2) is 9.97 Å². The maximum Gasteiger partial charge on any atom is 0.134 e. The molecule has 0 atom stereocenters. The minimum atomic E-state index is 0.568. The van der Waals surface area contributed by atoms with Crippen LogP contribution in [0.3, 0.4) is 0 Å². The van der Waals surface area contributed by atoms with E-state index in [2.05, 4.69) is 21.8 Å². The van der Waals surface area contributed by atoms with Crippen LogP contribution in [0.2, 0.25) is 0 Å². The van der Waals surface area contributed by atoms with Gasteiger partial charge in [0, 0.05) is 18.7 Å². The normalized spacial score (nSPS) is 16.6. The van der Waals surface area contributed by atoms with E-state index in [1.54, 1.807) is 0 Å². The number of nitrogens with two attached hydrogens (primary N) is 1. The van der Waals surface area contributed by atoms with Crippen molar-refractivity contribution >= 4 is 11.6 Å². The van der Waals surface area contributed by atoms with Gasteiger partial charge in [-0.05, 0) is 26.7 Å². The summed E-state index contributed by atoms with van der Waals surface area (Å²) in [6.45, 7) is 5.05. The Labute approximate surface area is 96.9 Å². The van der Waals surface area contributed by atoms with Gasteiger partial charge in [0.2, 0.25) is 0 Å². The van der Waals surface area contributed by atoms with Crippen molar-refractivity contribution in [3.8, 4) is 0 Å². The van der Waals surface area contributed by atoms with E-state index in [4.69, 9.17) is 5.73 Å². The number of anilines is 2. The number of nitrogens with zero attached hydrogens (tertiary/aromatic N) is 3. The number of hydrogen-bond donors (Lipinski definition) is 1. The number of aryl methyl sites for hydroxylation is 1. The van der Waals surface area contributed by atoms with Crippen LogP contribution >= 0.6 is 0 Å². The van der Waals surface area contributed by atoms with Crippen LogP contribution in [-0.4, -0.2) is 22.6 Å². The molecule has 0 spiro atoms. The summed E-state index contributed by atoms with van der Waals surface area (Å²) in [6.07, 6.45) is 5.22. The van der Waals surface area contributed by atoms with Gasteiger partial charge < -0.3 is 10.6 Å². The van der Waals surface area contributed by atoms with E-state index in [1.165, 1.54) is 25.7 Å². The molecule has 2 N–H and O–H groups in total. The molecule has 1 aliphatic rings. The molecule has 88 valence electrons. The predicted molar refractivity (Wildman–Crippen MR) is 66.5 cm³/mol. The lowest BCUT2D eigenvalue weighted by molar-refractivity contribution is 0.611. The molecule has 0 unspecified atom stereocenters. The highest BCUT2D eigenvalue weighted by molar-refractivity contribution is 5.47. The van der Waals surface area contributed by atoms with E-state index in [0.717, 1.165) is 18.2 Å². The molecule has 4 heteroatoms. The van der Waals surface area contributed by atoms with E-state index >= 15 is 0 Å². The fourth-order valence-corrected chi connectivity index (χ4v) is 2.54. The van der Waals surface area contributed by atoms with Crippen molar-refractivity contribution in [2.24, 2.45) is 0 Å². The summed E-state index contributed by atoms with van der Waals surface area (Å²) in [6, 6.07) is 2.52. The summed E-state index contributed by atoms with van der Waals surface area (Å²) < 4.78 is 0. The monoisotopic (exact) mass is 220 g/mol. The lowest BCUT2D eigenvalue weighted by atomic mass is 10.2. The first-order chi connectivity index (χ1) is 7.70. The quantitative estimate of drug-likeness (QED) is 0.848. The highest BCUT2D eigenvalue weighted by atomic mass is 15.2. The summed E-state index contributed by atoms with van der Waals surface area (Å²) in [5, 5.41) is 0. The third kappa shape index (κ3) is 2.26. The van der Waals surface area contributed by atoms with Gasteiger partial charge in [-0.15, -0.1) is 0 Å². The van der Waals surface area contributed by atoms with Crippen LogP contribution in [0.4, 0.5) is 11.6 Å². The maximum absolute atomic E-state index is 5.77. The molecule has 2 rings (SSSR count). The van der Waals surface area contributed by atoms with Gasteiger partial charge in [-0.3, -0.25) is 0 Å². The van der Waals surface area contributed by atoms with E-state index in [9.17, 15) is 0 Å². The number of aromatic nitrogens is 2. The summed E-state index contributed by atoms with van der Waals surface area (Å²) >= 11 is 0. The van der Waals surface area contributed by atoms with Gasteiger partial charge in [0.15, 0.2) is 0 Å². The minimum Gasteiger partial charge on any atom is -0.384 e. The molecule has 0 radical (unpaired) electrons. The van der Waals surface area contributed by atoms with Crippen molar-refractivity contribution in [1.29, 1.82) is 0 Å². The van der Waals surface area contributed by atoms with Gasteiger partial charge in [0.1, 0.15) is 17.5 Å². The minimum absolute atomic E-state index is 0.568. The molecule has 0 saturated heterocycles. The molecule has 4 nitrogen and oxygen atoms in total. The lowest BCUT2D eigenvalue weighted by Gasteiger charge is -2.28. The molecule has 1 aromatic heterocycles. The zero-order valence-electron chi connectivity index (χ0n) is 10.1. The van der Waals surface area contributed by atoms with Gasteiger partial charge in [-0.1, -0.05) is 12.8 Å². The number of rotatable bonds is 3. The largest absolute Gasteiger partial charge is 0.384 e. The number of nitrogen functional groups attached to an aromatic ring is 1. The van der Waals surface area contributed by atoms with E-state index in [1.807, 2.05) is 13.0 Å². The fraction of sp³-hybridized carbons (Fsp3) is 0.667. The van der Waals surface area contributed by atoms with Crippen molar-refractivity contribution < 1.29 is 0 Å². The molecule has 0 bridgehead atoms. The average molecular weight is 220 g/mol. The Morgan fingerprint density at radius 3 is 2.62 bits per heavy atom. The van der Waals surface area contributed by atoms with Crippen LogP contribution < -0.4 is 10.6 Å². The van der Waals surface area contributed by atoms with Crippen molar-refractivity contribution in [3.05, 3.63) is 11.9 Å². The summed E-state index contributed by atoms with van der Waals surface area (Å²) in [5.74, 6) is 2.31. The van der Waals surface area contributed by atoms with Crippen molar-refractivity contribution in [3.63, 3.8) is 0 Å². The molecular formula is C12H20N4. The summed E-state index contributed by atoms with van der Waals surface area (Å²) in [5.41, 5.74) is 5.77. The Morgan fingerprint density at radius 2 is 2.06 bits per heavy atom. The highest BCUT2D eigenvalue weighted by Crippen LogP contribution is 2.27. The first-order valence-corrected chi connectivity index (χ1v) is 6.08. The lowest BCUT2D eigenvalue weighted by Crippen LogP contribution is -2.33. The average Bonchev–Trinajstić information content (AvgIpc) is 2.70. The smallest absolute Gasteiger partial charge is 0.134 e. The summed E-state index contributed by atoms with van der Waals surface area (Å²) in [7, 11) is 0. The molecule has 1 fully saturated rings. The molecule has 1 heterocycles. The van der Waals surface area contributed by atoms with E-state index in [-0.39, 0.29) is 0 Å². The molecule has 0 amide bonds. The Balaban J connectivity index is 2.24. The maximum atomic E-state index is 5.77. The Hall–Kier alpha value is -1.32. The van der Waals surface area contributed by atoms with Crippen LogP contribution in [0.1, 0.15) is 38.4 Å². The van der Waals surface area contributed by atoms with Gasteiger partial charge in [0.05, 0.1) is 0 Å². The van der Waals surface area contributed by atoms with Crippen molar-refractivity contribution in [2.75, 3.05) is 17.2 Å². The molecule has 16 heavy (non-hydrogen) atoms. The van der Waals surface area contributed by atoms with Crippen LogP contribution in [0.15, 0.2) is 6.07 Å². The summed E-state index contributed by atoms with van der Waals surface area (Å²) in [4.78, 5) is 11.0. The number of hydrogen-bond acceptors (Lipinski definition) is 4. The standard InChI is InChI=1S/C12H20N4/c1-3-16(10-6-4-5-7-10)12-8-11(13)14-9(2)15-12/h8,10H,3-7H2,1-2H3,(H2,13,14,15). The highest BCUT2D eigenvalue weighted by Gasteiger charge is 2.22. The Kier molecular flexibility index (Phi) is 3.27. The zero-order chi connectivity index (χ0) is 11.5. The molecule has 0 aliphatic heterocycles. The van der Waals surface area contributed by atoms with Crippen LogP contribution in [-0.2, 0) is 0 Å². The Morgan fingerprint density at radius 1 is 1.38 bits per heavy atom. The molecule has 1 saturated carbocycles. The molecule has 0 aromatic carbocycles. The second-order valence-corrected chi connectivity index (χ2v) is 4.42. The fourth-order valence-electron chi connectivity index (χ4n) is 2.54. The van der Waals surface area contributed by atoms with Crippen molar-refractivity contribution in [2.45, 2.75) is 45.6 Å². The first-order valence-electron chi connectivity index (χ1n) is 6.08. The second kappa shape index (κ2) is 4.68. The van der Waals surface area contributed by atoms with E-state index < -0.39 is 0 Å². The van der Waals surface area contributed by atoms with Crippen molar-refractivity contribution in [1.82, 2.24) is 9.97 Å². The third-order valence-electron chi connectivity index (χ3n) is 3.24. The van der Waals surface area contributed by atoms with Crippen LogP contribution in [0.5, 0.6) is 0 Å². The zero-order valence-corrected chi connectivity index (χ0v) is 10.1. The van der Waals surface area contributed by atoms with Gasteiger partial charge >= 0.3 is 0 Å². The topological polar surface area (TPSA) is 55.0 Å². The van der Waals surface area contributed by atoms with Crippen LogP contribution in [0, 0.1) is 6.92 Å². The SMILES string of the molecule is CCN(c1cc(N)nc(C)n1)C1CCCC1. The Bertz CT molecular complexity index is 338. The van der Waals surface area contributed by atoms with Crippen LogP contribution in [0.25, 0.3) is 0 Å².